The van der Waals surface area contributed by atoms with Crippen LogP contribution in [0.5, 0.6) is 0 Å². The van der Waals surface area contributed by atoms with Gasteiger partial charge >= 0.3 is 6.09 Å². The van der Waals surface area contributed by atoms with Crippen LogP contribution in [0.4, 0.5) is 4.79 Å². The number of nitrogens with zero attached hydrogens (tertiary/aromatic N) is 3. The zero-order chi connectivity index (χ0) is 18.2. The molecule has 2 amide bonds. The molecule has 6 nitrogen and oxygen atoms in total. The molecule has 1 saturated carbocycles. The molecule has 0 spiro atoms. The number of amides is 2. The lowest BCUT2D eigenvalue weighted by Crippen LogP contribution is -2.56. The van der Waals surface area contributed by atoms with Gasteiger partial charge in [-0.15, -0.1) is 0 Å². The SMILES string of the molecule is C[C@@H]1CN(C(=O)OC(C)(C)C)CCN1C(=O)[C@@H]1C[C@@H]1c1cccnc1. The number of carbonyl (C=O) groups is 2. The van der Waals surface area contributed by atoms with Crippen molar-refractivity contribution in [3.05, 3.63) is 30.1 Å². The van der Waals surface area contributed by atoms with Gasteiger partial charge < -0.3 is 14.5 Å². The van der Waals surface area contributed by atoms with Crippen LogP contribution in [-0.4, -0.2) is 58.1 Å². The van der Waals surface area contributed by atoms with Crippen LogP contribution >= 0.6 is 0 Å². The molecule has 1 aliphatic heterocycles. The van der Waals surface area contributed by atoms with Crippen molar-refractivity contribution >= 4 is 12.0 Å². The second kappa shape index (κ2) is 6.65. The van der Waals surface area contributed by atoms with Crippen LogP contribution in [-0.2, 0) is 9.53 Å². The summed E-state index contributed by atoms with van der Waals surface area (Å²) in [5, 5.41) is 0. The van der Waals surface area contributed by atoms with Gasteiger partial charge in [-0.25, -0.2) is 4.79 Å². The quantitative estimate of drug-likeness (QED) is 0.827. The molecule has 25 heavy (non-hydrogen) atoms. The number of rotatable bonds is 2. The van der Waals surface area contributed by atoms with Gasteiger partial charge in [0, 0.05) is 44.0 Å². The van der Waals surface area contributed by atoms with E-state index in [0.717, 1.165) is 12.0 Å². The van der Waals surface area contributed by atoms with Crippen molar-refractivity contribution in [3.8, 4) is 0 Å². The molecule has 0 unspecified atom stereocenters. The van der Waals surface area contributed by atoms with Crippen molar-refractivity contribution in [2.24, 2.45) is 5.92 Å². The van der Waals surface area contributed by atoms with Crippen LogP contribution in [0.2, 0.25) is 0 Å². The molecule has 2 heterocycles. The minimum Gasteiger partial charge on any atom is -0.444 e. The van der Waals surface area contributed by atoms with Gasteiger partial charge in [0.05, 0.1) is 0 Å². The highest BCUT2D eigenvalue weighted by molar-refractivity contribution is 5.83. The van der Waals surface area contributed by atoms with E-state index >= 15 is 0 Å². The van der Waals surface area contributed by atoms with Gasteiger partial charge in [0.25, 0.3) is 0 Å². The summed E-state index contributed by atoms with van der Waals surface area (Å²) in [6, 6.07) is 3.95. The Balaban J connectivity index is 1.55. The molecule has 0 radical (unpaired) electrons. The number of hydrogen-bond donors (Lipinski definition) is 0. The molecule has 1 aromatic rings. The first-order valence-electron chi connectivity index (χ1n) is 8.94. The average Bonchev–Trinajstić information content (AvgIpc) is 3.34. The molecule has 1 aliphatic carbocycles. The Labute approximate surface area is 149 Å². The van der Waals surface area contributed by atoms with Crippen molar-refractivity contribution in [2.75, 3.05) is 19.6 Å². The maximum atomic E-state index is 12.8. The van der Waals surface area contributed by atoms with Gasteiger partial charge in [0.15, 0.2) is 0 Å². The third-order valence-electron chi connectivity index (χ3n) is 4.78. The number of pyridine rings is 1. The number of carbonyl (C=O) groups excluding carboxylic acids is 2. The van der Waals surface area contributed by atoms with E-state index in [1.165, 1.54) is 0 Å². The Hall–Kier alpha value is -2.11. The largest absolute Gasteiger partial charge is 0.444 e. The fourth-order valence-electron chi connectivity index (χ4n) is 3.42. The fourth-order valence-corrected chi connectivity index (χ4v) is 3.42. The highest BCUT2D eigenvalue weighted by Gasteiger charge is 2.47. The number of piperazine rings is 1. The molecular weight excluding hydrogens is 318 g/mol. The fraction of sp³-hybridized carbons (Fsp3) is 0.632. The first-order valence-corrected chi connectivity index (χ1v) is 8.94. The lowest BCUT2D eigenvalue weighted by molar-refractivity contribution is -0.137. The van der Waals surface area contributed by atoms with Crippen LogP contribution in [0.3, 0.4) is 0 Å². The summed E-state index contributed by atoms with van der Waals surface area (Å²) in [4.78, 5) is 32.8. The maximum Gasteiger partial charge on any atom is 0.410 e. The molecule has 6 heteroatoms. The summed E-state index contributed by atoms with van der Waals surface area (Å²) in [5.41, 5.74) is 0.638. The number of aromatic nitrogens is 1. The van der Waals surface area contributed by atoms with Crippen LogP contribution < -0.4 is 0 Å². The number of hydrogen-bond acceptors (Lipinski definition) is 4. The molecule has 3 atom stereocenters. The van der Waals surface area contributed by atoms with Crippen molar-refractivity contribution < 1.29 is 14.3 Å². The Bertz CT molecular complexity index is 641. The second-order valence-electron chi connectivity index (χ2n) is 8.04. The van der Waals surface area contributed by atoms with Crippen molar-refractivity contribution in [1.29, 1.82) is 0 Å². The molecular formula is C19H27N3O3. The van der Waals surface area contributed by atoms with Crippen molar-refractivity contribution in [1.82, 2.24) is 14.8 Å². The minimum atomic E-state index is -0.502. The first kappa shape index (κ1) is 17.7. The van der Waals surface area contributed by atoms with Gasteiger partial charge in [-0.3, -0.25) is 9.78 Å². The predicted molar refractivity (Wildman–Crippen MR) is 94.1 cm³/mol. The Morgan fingerprint density at radius 2 is 2.04 bits per heavy atom. The normalized spacial score (nSPS) is 26.3. The summed E-state index contributed by atoms with van der Waals surface area (Å²) in [5.74, 6) is 0.544. The maximum absolute atomic E-state index is 12.8. The Morgan fingerprint density at radius 3 is 2.64 bits per heavy atom. The van der Waals surface area contributed by atoms with E-state index in [4.69, 9.17) is 4.74 Å². The molecule has 0 N–H and O–H groups in total. The van der Waals surface area contributed by atoms with E-state index in [2.05, 4.69) is 4.98 Å². The average molecular weight is 345 g/mol. The van der Waals surface area contributed by atoms with E-state index in [-0.39, 0.29) is 29.9 Å². The summed E-state index contributed by atoms with van der Waals surface area (Å²) in [7, 11) is 0. The monoisotopic (exact) mass is 345 g/mol. The van der Waals surface area contributed by atoms with Crippen LogP contribution in [0.25, 0.3) is 0 Å². The molecule has 2 aliphatic rings. The Morgan fingerprint density at radius 1 is 1.28 bits per heavy atom. The van der Waals surface area contributed by atoms with Crippen molar-refractivity contribution in [2.45, 2.75) is 51.7 Å². The molecule has 2 fully saturated rings. The van der Waals surface area contributed by atoms with Gasteiger partial charge in [-0.2, -0.15) is 0 Å². The third-order valence-corrected chi connectivity index (χ3v) is 4.78. The second-order valence-corrected chi connectivity index (χ2v) is 8.04. The van der Waals surface area contributed by atoms with Gasteiger partial charge in [-0.1, -0.05) is 6.07 Å². The first-order chi connectivity index (χ1) is 11.8. The van der Waals surface area contributed by atoms with E-state index in [9.17, 15) is 9.59 Å². The zero-order valence-electron chi connectivity index (χ0n) is 15.4. The molecule has 0 aromatic carbocycles. The van der Waals surface area contributed by atoms with Gasteiger partial charge in [0.1, 0.15) is 5.60 Å². The van der Waals surface area contributed by atoms with Crippen LogP contribution in [0.1, 0.15) is 45.6 Å². The molecule has 3 rings (SSSR count). The highest BCUT2D eigenvalue weighted by Crippen LogP contribution is 2.48. The summed E-state index contributed by atoms with van der Waals surface area (Å²) < 4.78 is 5.43. The topological polar surface area (TPSA) is 62.7 Å². The van der Waals surface area contributed by atoms with Gasteiger partial charge in [0.2, 0.25) is 5.91 Å². The summed E-state index contributed by atoms with van der Waals surface area (Å²) in [6.07, 6.45) is 4.19. The zero-order valence-corrected chi connectivity index (χ0v) is 15.4. The third kappa shape index (κ3) is 4.11. The van der Waals surface area contributed by atoms with E-state index in [1.807, 2.05) is 50.9 Å². The number of ether oxygens (including phenoxy) is 1. The van der Waals surface area contributed by atoms with E-state index in [0.29, 0.717) is 19.6 Å². The molecule has 1 saturated heterocycles. The van der Waals surface area contributed by atoms with Crippen LogP contribution in [0.15, 0.2) is 24.5 Å². The molecule has 0 bridgehead atoms. The van der Waals surface area contributed by atoms with Crippen molar-refractivity contribution in [3.63, 3.8) is 0 Å². The smallest absolute Gasteiger partial charge is 0.410 e. The summed E-state index contributed by atoms with van der Waals surface area (Å²) in [6.45, 7) is 9.19. The molecule has 1 aromatic heterocycles. The van der Waals surface area contributed by atoms with E-state index < -0.39 is 5.60 Å². The van der Waals surface area contributed by atoms with E-state index in [1.54, 1.807) is 11.1 Å². The lowest BCUT2D eigenvalue weighted by atomic mass is 10.1. The minimum absolute atomic E-state index is 0.00363. The standard InChI is InChI=1S/C19H27N3O3/c1-13-12-21(18(24)25-19(2,3)4)8-9-22(13)17(23)16-10-15(16)14-6-5-7-20-11-14/h5-7,11,13,15-16H,8-10,12H2,1-4H3/t13-,15-,16-/m1/s1. The highest BCUT2D eigenvalue weighted by atomic mass is 16.6. The Kier molecular flexibility index (Phi) is 4.71. The lowest BCUT2D eigenvalue weighted by Gasteiger charge is -2.40. The van der Waals surface area contributed by atoms with Gasteiger partial charge in [-0.05, 0) is 51.7 Å². The van der Waals surface area contributed by atoms with Crippen LogP contribution in [0, 0.1) is 5.92 Å². The predicted octanol–water partition coefficient (Wildman–Crippen LogP) is 2.65. The summed E-state index contributed by atoms with van der Waals surface area (Å²) >= 11 is 0. The molecule has 136 valence electrons.